The van der Waals surface area contributed by atoms with Crippen LogP contribution in [0.4, 0.5) is 0 Å². The third-order valence-electron chi connectivity index (χ3n) is 6.70. The zero-order chi connectivity index (χ0) is 28.9. The lowest BCUT2D eigenvalue weighted by Gasteiger charge is -2.34. The van der Waals surface area contributed by atoms with Gasteiger partial charge in [-0.25, -0.2) is 4.68 Å². The summed E-state index contributed by atoms with van der Waals surface area (Å²) in [6.45, 7) is 7.97. The van der Waals surface area contributed by atoms with E-state index < -0.39 is 11.6 Å². The Morgan fingerprint density at radius 3 is 2.40 bits per heavy atom. The van der Waals surface area contributed by atoms with Crippen LogP contribution in [0.3, 0.4) is 0 Å². The Labute approximate surface area is 235 Å². The molecule has 1 N–H and O–H groups in total. The molecule has 0 bridgehead atoms. The van der Waals surface area contributed by atoms with Gasteiger partial charge in [0.2, 0.25) is 11.8 Å². The van der Waals surface area contributed by atoms with Gasteiger partial charge in [0.1, 0.15) is 18.1 Å². The van der Waals surface area contributed by atoms with E-state index in [1.807, 2.05) is 76.2 Å². The van der Waals surface area contributed by atoms with Crippen molar-refractivity contribution >= 4 is 22.8 Å². The van der Waals surface area contributed by atoms with E-state index in [1.54, 1.807) is 34.9 Å². The summed E-state index contributed by atoms with van der Waals surface area (Å²) in [5, 5.41) is 11.5. The molecule has 0 aliphatic carbocycles. The number of nitrogens with one attached hydrogen (secondary N) is 1. The van der Waals surface area contributed by atoms with Crippen molar-refractivity contribution < 1.29 is 19.1 Å². The number of methoxy groups -OCH3 is 2. The highest BCUT2D eigenvalue weighted by molar-refractivity contribution is 5.90. The van der Waals surface area contributed by atoms with E-state index in [2.05, 4.69) is 15.6 Å². The Balaban J connectivity index is 1.81. The molecule has 0 radical (unpaired) electrons. The first-order valence-corrected chi connectivity index (χ1v) is 13.3. The first kappa shape index (κ1) is 28.6. The van der Waals surface area contributed by atoms with Gasteiger partial charge in [-0.05, 0) is 63.4 Å². The maximum atomic E-state index is 14.2. The van der Waals surface area contributed by atoms with E-state index in [1.165, 1.54) is 7.11 Å². The number of hydrogen-bond acceptors (Lipinski definition) is 6. The van der Waals surface area contributed by atoms with Crippen LogP contribution in [0, 0.1) is 6.92 Å². The highest BCUT2D eigenvalue weighted by atomic mass is 16.5. The standard InChI is InChI=1S/C31H37N5O4/c1-21-12-7-8-13-22(21)18-19-35(27(37)20-36-25-16-10-9-15-24(25)33-34-36)28(30(38)32-31(2,3)4)23-14-11-17-26(39-5)29(23)40-6/h7-17,28H,18-20H2,1-6H3,(H,32,38). The number of fused-ring (bicyclic) bond motifs is 1. The highest BCUT2D eigenvalue weighted by Crippen LogP contribution is 2.38. The third kappa shape index (κ3) is 6.42. The van der Waals surface area contributed by atoms with Crippen molar-refractivity contribution in [2.75, 3.05) is 20.8 Å². The molecule has 1 aromatic heterocycles. The largest absolute Gasteiger partial charge is 0.493 e. The minimum Gasteiger partial charge on any atom is -0.493 e. The van der Waals surface area contributed by atoms with Gasteiger partial charge >= 0.3 is 0 Å². The fourth-order valence-electron chi connectivity index (χ4n) is 4.80. The lowest BCUT2D eigenvalue weighted by molar-refractivity contribution is -0.142. The molecule has 40 heavy (non-hydrogen) atoms. The van der Waals surface area contributed by atoms with Gasteiger partial charge < -0.3 is 19.7 Å². The number of aryl methyl sites for hydroxylation is 1. The van der Waals surface area contributed by atoms with E-state index in [0.717, 1.165) is 16.6 Å². The number of carbonyl (C=O) groups is 2. The zero-order valence-electron chi connectivity index (χ0n) is 24.0. The average Bonchev–Trinajstić information content (AvgIpc) is 3.32. The summed E-state index contributed by atoms with van der Waals surface area (Å²) in [5.41, 5.74) is 3.65. The monoisotopic (exact) mass is 543 g/mol. The predicted octanol–water partition coefficient (Wildman–Crippen LogP) is 4.48. The normalized spacial score (nSPS) is 12.2. The molecule has 1 heterocycles. The molecule has 9 nitrogen and oxygen atoms in total. The van der Waals surface area contributed by atoms with Crippen molar-refractivity contribution in [2.24, 2.45) is 0 Å². The predicted molar refractivity (Wildman–Crippen MR) is 154 cm³/mol. The zero-order valence-corrected chi connectivity index (χ0v) is 24.0. The van der Waals surface area contributed by atoms with Crippen LogP contribution in [0.5, 0.6) is 11.5 Å². The van der Waals surface area contributed by atoms with E-state index in [4.69, 9.17) is 9.47 Å². The Bertz CT molecular complexity index is 1490. The quantitative estimate of drug-likeness (QED) is 0.317. The van der Waals surface area contributed by atoms with E-state index in [9.17, 15) is 9.59 Å². The van der Waals surface area contributed by atoms with Crippen LogP contribution in [0.2, 0.25) is 0 Å². The fraction of sp³-hybridized carbons (Fsp3) is 0.355. The van der Waals surface area contributed by atoms with Gasteiger partial charge in [-0.2, -0.15) is 0 Å². The minimum absolute atomic E-state index is 0.0835. The van der Waals surface area contributed by atoms with Crippen molar-refractivity contribution in [3.63, 3.8) is 0 Å². The first-order chi connectivity index (χ1) is 19.1. The summed E-state index contributed by atoms with van der Waals surface area (Å²) in [5.74, 6) is 0.282. The smallest absolute Gasteiger partial charge is 0.247 e. The molecule has 0 saturated heterocycles. The van der Waals surface area contributed by atoms with Crippen LogP contribution in [0.25, 0.3) is 11.0 Å². The maximum Gasteiger partial charge on any atom is 0.247 e. The molecular formula is C31H37N5O4. The highest BCUT2D eigenvalue weighted by Gasteiger charge is 2.36. The second kappa shape index (κ2) is 12.2. The molecule has 0 saturated carbocycles. The van der Waals surface area contributed by atoms with Crippen molar-refractivity contribution in [3.8, 4) is 11.5 Å². The van der Waals surface area contributed by atoms with E-state index in [0.29, 0.717) is 35.5 Å². The van der Waals surface area contributed by atoms with Crippen LogP contribution in [-0.2, 0) is 22.6 Å². The topological polar surface area (TPSA) is 98.6 Å². The Hall–Kier alpha value is -4.40. The summed E-state index contributed by atoms with van der Waals surface area (Å²) in [6, 6.07) is 19.9. The lowest BCUT2D eigenvalue weighted by atomic mass is 9.98. The molecule has 0 spiro atoms. The molecule has 0 aliphatic heterocycles. The summed E-state index contributed by atoms with van der Waals surface area (Å²) in [6.07, 6.45) is 0.558. The molecule has 1 atom stereocenters. The second-order valence-electron chi connectivity index (χ2n) is 10.7. The number of benzene rings is 3. The molecule has 2 amide bonds. The Morgan fingerprint density at radius 1 is 0.975 bits per heavy atom. The van der Waals surface area contributed by atoms with Gasteiger partial charge in [0.25, 0.3) is 0 Å². The number of rotatable bonds is 10. The number of para-hydroxylation sites is 2. The summed E-state index contributed by atoms with van der Waals surface area (Å²) in [4.78, 5) is 29.8. The molecule has 9 heteroatoms. The van der Waals surface area contributed by atoms with E-state index in [-0.39, 0.29) is 18.4 Å². The van der Waals surface area contributed by atoms with Gasteiger partial charge in [-0.1, -0.05) is 53.7 Å². The number of ether oxygens (including phenoxy) is 2. The minimum atomic E-state index is -0.990. The van der Waals surface area contributed by atoms with Crippen LogP contribution in [0.1, 0.15) is 43.5 Å². The molecule has 0 aliphatic rings. The van der Waals surface area contributed by atoms with Crippen LogP contribution < -0.4 is 14.8 Å². The second-order valence-corrected chi connectivity index (χ2v) is 10.7. The number of nitrogens with zero attached hydrogens (tertiary/aromatic N) is 4. The van der Waals surface area contributed by atoms with Gasteiger partial charge in [0.05, 0.1) is 19.7 Å². The van der Waals surface area contributed by atoms with Crippen LogP contribution in [-0.4, -0.2) is 58.0 Å². The summed E-state index contributed by atoms with van der Waals surface area (Å²) in [7, 11) is 3.07. The summed E-state index contributed by atoms with van der Waals surface area (Å²) < 4.78 is 12.8. The number of hydrogen-bond donors (Lipinski definition) is 1. The molecule has 4 rings (SSSR count). The number of carbonyl (C=O) groups excluding carboxylic acids is 2. The van der Waals surface area contributed by atoms with Crippen LogP contribution in [0.15, 0.2) is 66.7 Å². The van der Waals surface area contributed by atoms with Crippen molar-refractivity contribution in [2.45, 2.75) is 52.2 Å². The van der Waals surface area contributed by atoms with Gasteiger partial charge in [0.15, 0.2) is 11.5 Å². The van der Waals surface area contributed by atoms with Crippen LogP contribution >= 0.6 is 0 Å². The van der Waals surface area contributed by atoms with Gasteiger partial charge in [-0.3, -0.25) is 9.59 Å². The molecule has 4 aromatic rings. The molecule has 3 aromatic carbocycles. The molecular weight excluding hydrogens is 506 g/mol. The van der Waals surface area contributed by atoms with Crippen molar-refractivity contribution in [1.29, 1.82) is 0 Å². The molecule has 0 fully saturated rings. The molecule has 210 valence electrons. The Kier molecular flexibility index (Phi) is 8.72. The SMILES string of the molecule is COc1cccc(C(C(=O)NC(C)(C)C)N(CCc2ccccc2C)C(=O)Cn2nnc3ccccc32)c1OC. The maximum absolute atomic E-state index is 14.2. The molecule has 1 unspecified atom stereocenters. The fourth-order valence-corrected chi connectivity index (χ4v) is 4.80. The van der Waals surface area contributed by atoms with E-state index >= 15 is 0 Å². The van der Waals surface area contributed by atoms with Gasteiger partial charge in [-0.15, -0.1) is 5.10 Å². The van der Waals surface area contributed by atoms with Crippen molar-refractivity contribution in [1.82, 2.24) is 25.2 Å². The number of aromatic nitrogens is 3. The van der Waals surface area contributed by atoms with Gasteiger partial charge in [0, 0.05) is 17.6 Å². The summed E-state index contributed by atoms with van der Waals surface area (Å²) >= 11 is 0. The number of amides is 2. The first-order valence-electron chi connectivity index (χ1n) is 13.3. The average molecular weight is 544 g/mol. The Morgan fingerprint density at radius 2 is 1.70 bits per heavy atom. The lowest BCUT2D eigenvalue weighted by Crippen LogP contribution is -2.50. The van der Waals surface area contributed by atoms with Crippen molar-refractivity contribution in [3.05, 3.63) is 83.4 Å². The third-order valence-corrected chi connectivity index (χ3v) is 6.70.